The standard InChI is InChI=1S/C23H20ClF3N4O3/c24-18-5-2-1-4-15(18)13-28-9-3-11-31-20(21(32)34-22(33)23(25,26)27)17-7-6-14-12-29-10-8-16(14)19(17)30-31/h1-2,4-5,8,10,12,28H,3,6-7,9,11,13H2. The number of nitrogens with zero attached hydrogens (tertiary/aromatic N) is 3. The van der Waals surface area contributed by atoms with E-state index >= 15 is 0 Å². The molecule has 2 aromatic heterocycles. The number of ether oxygens (including phenoxy) is 1. The minimum atomic E-state index is -5.28. The van der Waals surface area contributed by atoms with Crippen molar-refractivity contribution in [3.8, 4) is 11.3 Å². The molecular weight excluding hydrogens is 473 g/mol. The number of fused-ring (bicyclic) bond motifs is 3. The molecule has 3 aromatic rings. The number of esters is 2. The van der Waals surface area contributed by atoms with Crippen molar-refractivity contribution in [3.63, 3.8) is 0 Å². The minimum absolute atomic E-state index is 0.138. The summed E-state index contributed by atoms with van der Waals surface area (Å²) in [6.45, 7) is 1.30. The van der Waals surface area contributed by atoms with Crippen LogP contribution in [0.4, 0.5) is 13.2 Å². The summed E-state index contributed by atoms with van der Waals surface area (Å²) in [6, 6.07) is 9.15. The fraction of sp³-hybridized carbons (Fsp3) is 0.304. The molecule has 34 heavy (non-hydrogen) atoms. The summed E-state index contributed by atoms with van der Waals surface area (Å²) < 4.78 is 43.5. The zero-order valence-corrected chi connectivity index (χ0v) is 18.6. The zero-order valence-electron chi connectivity index (χ0n) is 17.9. The van der Waals surface area contributed by atoms with Gasteiger partial charge in [-0.05, 0) is 49.1 Å². The van der Waals surface area contributed by atoms with Crippen molar-refractivity contribution < 1.29 is 27.5 Å². The van der Waals surface area contributed by atoms with Crippen LogP contribution in [0, 0.1) is 0 Å². The van der Waals surface area contributed by atoms with Crippen LogP contribution in [0.5, 0.6) is 0 Å². The van der Waals surface area contributed by atoms with Gasteiger partial charge < -0.3 is 10.1 Å². The van der Waals surface area contributed by atoms with Crippen LogP contribution in [0.2, 0.25) is 5.02 Å². The topological polar surface area (TPSA) is 86.1 Å². The summed E-state index contributed by atoms with van der Waals surface area (Å²) in [6.07, 6.45) is -0.584. The van der Waals surface area contributed by atoms with Crippen LogP contribution in [-0.4, -0.2) is 39.4 Å². The van der Waals surface area contributed by atoms with E-state index < -0.39 is 18.1 Å². The molecule has 1 aromatic carbocycles. The lowest BCUT2D eigenvalue weighted by atomic mass is 9.90. The monoisotopic (exact) mass is 492 g/mol. The number of nitrogens with one attached hydrogen (secondary N) is 1. The van der Waals surface area contributed by atoms with Crippen molar-refractivity contribution >= 4 is 23.5 Å². The fourth-order valence-corrected chi connectivity index (χ4v) is 4.07. The molecule has 0 fully saturated rings. The number of carbonyl (C=O) groups excluding carboxylic acids is 2. The van der Waals surface area contributed by atoms with Gasteiger partial charge in [0.25, 0.3) is 0 Å². The number of pyridine rings is 1. The van der Waals surface area contributed by atoms with Crippen LogP contribution in [0.25, 0.3) is 11.3 Å². The van der Waals surface area contributed by atoms with Gasteiger partial charge in [0.15, 0.2) is 5.69 Å². The first kappa shape index (κ1) is 23.9. The maximum atomic E-state index is 12.7. The van der Waals surface area contributed by atoms with Crippen molar-refractivity contribution in [2.75, 3.05) is 6.54 Å². The van der Waals surface area contributed by atoms with Crippen molar-refractivity contribution in [2.24, 2.45) is 0 Å². The maximum Gasteiger partial charge on any atom is 0.491 e. The molecule has 4 rings (SSSR count). The molecule has 11 heteroatoms. The first-order valence-corrected chi connectivity index (χ1v) is 10.9. The van der Waals surface area contributed by atoms with Gasteiger partial charge in [-0.25, -0.2) is 9.59 Å². The van der Waals surface area contributed by atoms with Crippen molar-refractivity contribution in [1.82, 2.24) is 20.1 Å². The van der Waals surface area contributed by atoms with Crippen LogP contribution in [0.1, 0.15) is 33.6 Å². The van der Waals surface area contributed by atoms with Crippen LogP contribution < -0.4 is 5.32 Å². The Kier molecular flexibility index (Phi) is 6.99. The SMILES string of the molecule is O=C(OC(=O)C(F)(F)F)c1c2c(nn1CCCNCc1ccccc1Cl)-c1ccncc1CC2. The quantitative estimate of drug-likeness (QED) is 0.303. The lowest BCUT2D eigenvalue weighted by molar-refractivity contribution is -0.193. The molecule has 0 atom stereocenters. The predicted octanol–water partition coefficient (Wildman–Crippen LogP) is 4.12. The summed E-state index contributed by atoms with van der Waals surface area (Å²) in [5.41, 5.74) is 3.41. The molecule has 0 unspecified atom stereocenters. The number of benzene rings is 1. The van der Waals surface area contributed by atoms with Gasteiger partial charge >= 0.3 is 18.1 Å². The van der Waals surface area contributed by atoms with Crippen molar-refractivity contribution in [1.29, 1.82) is 0 Å². The maximum absolute atomic E-state index is 12.7. The van der Waals surface area contributed by atoms with Crippen molar-refractivity contribution in [2.45, 2.75) is 38.5 Å². The molecule has 2 heterocycles. The van der Waals surface area contributed by atoms with Gasteiger partial charge in [0.1, 0.15) is 0 Å². The van der Waals surface area contributed by atoms with E-state index in [0.717, 1.165) is 16.7 Å². The predicted molar refractivity (Wildman–Crippen MR) is 117 cm³/mol. The van der Waals surface area contributed by atoms with E-state index in [0.29, 0.717) is 48.6 Å². The summed E-state index contributed by atoms with van der Waals surface area (Å²) in [4.78, 5) is 28.0. The highest BCUT2D eigenvalue weighted by Gasteiger charge is 2.43. The van der Waals surface area contributed by atoms with Gasteiger partial charge in [-0.15, -0.1) is 0 Å². The molecule has 178 valence electrons. The number of aryl methyl sites for hydroxylation is 2. The second kappa shape index (κ2) is 9.94. The number of alkyl halides is 3. The largest absolute Gasteiger partial charge is 0.491 e. The normalized spacial score (nSPS) is 12.7. The fourth-order valence-electron chi connectivity index (χ4n) is 3.87. The number of aromatic nitrogens is 3. The summed E-state index contributed by atoms with van der Waals surface area (Å²) in [5.74, 6) is -3.92. The van der Waals surface area contributed by atoms with E-state index in [9.17, 15) is 22.8 Å². The van der Waals surface area contributed by atoms with E-state index in [1.165, 1.54) is 4.68 Å². The second-order valence-electron chi connectivity index (χ2n) is 7.73. The zero-order chi connectivity index (χ0) is 24.3. The molecular formula is C23H20ClF3N4O3. The van der Waals surface area contributed by atoms with E-state index in [1.807, 2.05) is 18.2 Å². The molecule has 0 spiro atoms. The molecule has 7 nitrogen and oxygen atoms in total. The Labute approximate surface area is 197 Å². The second-order valence-corrected chi connectivity index (χ2v) is 8.14. The Hall–Kier alpha value is -3.24. The van der Waals surface area contributed by atoms with Gasteiger partial charge in [0, 0.05) is 41.6 Å². The van der Waals surface area contributed by atoms with Gasteiger partial charge in [-0.3, -0.25) is 9.67 Å². The summed E-state index contributed by atoms with van der Waals surface area (Å²) in [5, 5.41) is 8.38. The molecule has 0 aliphatic heterocycles. The van der Waals surface area contributed by atoms with Gasteiger partial charge in [-0.1, -0.05) is 29.8 Å². The van der Waals surface area contributed by atoms with E-state index in [4.69, 9.17) is 11.6 Å². The molecule has 0 saturated heterocycles. The highest BCUT2D eigenvalue weighted by Crippen LogP contribution is 2.34. The highest BCUT2D eigenvalue weighted by molar-refractivity contribution is 6.31. The Morgan fingerprint density at radius 3 is 2.74 bits per heavy atom. The Morgan fingerprint density at radius 2 is 1.97 bits per heavy atom. The Balaban J connectivity index is 1.52. The lowest BCUT2D eigenvalue weighted by Crippen LogP contribution is -2.29. The molecule has 1 aliphatic carbocycles. The Morgan fingerprint density at radius 1 is 1.18 bits per heavy atom. The number of carbonyl (C=O) groups is 2. The highest BCUT2D eigenvalue weighted by atomic mass is 35.5. The minimum Gasteiger partial charge on any atom is -0.381 e. The van der Waals surface area contributed by atoms with Gasteiger partial charge in [0.05, 0.1) is 5.69 Å². The summed E-state index contributed by atoms with van der Waals surface area (Å²) >= 11 is 6.14. The van der Waals surface area contributed by atoms with Crippen LogP contribution in [0.15, 0.2) is 42.7 Å². The molecule has 0 bridgehead atoms. The first-order chi connectivity index (χ1) is 16.3. The van der Waals surface area contributed by atoms with Crippen LogP contribution in [-0.2, 0) is 35.5 Å². The molecule has 0 amide bonds. The van der Waals surface area contributed by atoms with Gasteiger partial charge in [-0.2, -0.15) is 18.3 Å². The average Bonchev–Trinajstić information content (AvgIpc) is 3.18. The molecule has 1 aliphatic rings. The lowest BCUT2D eigenvalue weighted by Gasteiger charge is -2.15. The van der Waals surface area contributed by atoms with E-state index in [1.54, 1.807) is 24.5 Å². The third kappa shape index (κ3) is 5.13. The molecule has 1 N–H and O–H groups in total. The summed E-state index contributed by atoms with van der Waals surface area (Å²) in [7, 11) is 0. The number of hydrogen-bond acceptors (Lipinski definition) is 6. The third-order valence-corrected chi connectivity index (χ3v) is 5.83. The number of hydrogen-bond donors (Lipinski definition) is 1. The third-order valence-electron chi connectivity index (χ3n) is 5.46. The molecule has 0 radical (unpaired) electrons. The smallest absolute Gasteiger partial charge is 0.381 e. The molecule has 0 saturated carbocycles. The Bertz CT molecular complexity index is 1230. The average molecular weight is 493 g/mol. The van der Waals surface area contributed by atoms with Crippen molar-refractivity contribution in [3.05, 3.63) is 70.1 Å². The van der Waals surface area contributed by atoms with Crippen LogP contribution in [0.3, 0.4) is 0 Å². The first-order valence-electron chi connectivity index (χ1n) is 10.6. The number of halogens is 4. The van der Waals surface area contributed by atoms with Gasteiger partial charge in [0.2, 0.25) is 0 Å². The van der Waals surface area contributed by atoms with Crippen LogP contribution >= 0.6 is 11.6 Å². The van der Waals surface area contributed by atoms with E-state index in [-0.39, 0.29) is 12.2 Å². The number of rotatable bonds is 7. The van der Waals surface area contributed by atoms with E-state index in [2.05, 4.69) is 20.1 Å².